The first-order valence-corrected chi connectivity index (χ1v) is 10.5. The Morgan fingerprint density at radius 1 is 1.21 bits per heavy atom. The van der Waals surface area contributed by atoms with E-state index in [1.165, 1.54) is 6.42 Å². The maximum Gasteiger partial charge on any atom is 0.272 e. The van der Waals surface area contributed by atoms with Crippen LogP contribution >= 0.6 is 0 Å². The summed E-state index contributed by atoms with van der Waals surface area (Å²) < 4.78 is 11.8. The lowest BCUT2D eigenvalue weighted by molar-refractivity contribution is -0.151. The number of aliphatic hydroxyl groups is 1. The Bertz CT molecular complexity index is 712. The van der Waals surface area contributed by atoms with Gasteiger partial charge in [0.05, 0.1) is 37.9 Å². The van der Waals surface area contributed by atoms with Crippen molar-refractivity contribution in [2.24, 2.45) is 0 Å². The molecule has 3 fully saturated rings. The van der Waals surface area contributed by atoms with E-state index in [9.17, 15) is 14.7 Å². The third kappa shape index (κ3) is 4.94. The van der Waals surface area contributed by atoms with Crippen molar-refractivity contribution in [3.8, 4) is 0 Å². The summed E-state index contributed by atoms with van der Waals surface area (Å²) in [6, 6.07) is 5.31. The molecule has 8 heteroatoms. The zero-order chi connectivity index (χ0) is 20.2. The summed E-state index contributed by atoms with van der Waals surface area (Å²) in [5.74, 6) is -0.187. The minimum absolute atomic E-state index is 0.0294. The molecule has 1 aromatic heterocycles. The van der Waals surface area contributed by atoms with Crippen LogP contribution in [0.5, 0.6) is 0 Å². The summed E-state index contributed by atoms with van der Waals surface area (Å²) in [6.07, 6.45) is 5.32. The summed E-state index contributed by atoms with van der Waals surface area (Å²) in [4.78, 5) is 31.2. The number of aliphatic hydroxyl groups excluding tert-OH is 1. The fraction of sp³-hybridized carbons (Fsp3) is 0.667. The van der Waals surface area contributed by atoms with Gasteiger partial charge in [0.2, 0.25) is 5.91 Å². The molecule has 29 heavy (non-hydrogen) atoms. The second kappa shape index (κ2) is 9.19. The smallest absolute Gasteiger partial charge is 0.272 e. The van der Waals surface area contributed by atoms with Crippen molar-refractivity contribution in [1.29, 1.82) is 0 Å². The summed E-state index contributed by atoms with van der Waals surface area (Å²) in [5, 5.41) is 13.3. The number of β-amino-alcohol motifs (C(OH)–C–C–N with tert-alkyl or cyclic N) is 1. The molecule has 1 aliphatic carbocycles. The Balaban J connectivity index is 1.42. The maximum atomic E-state index is 13.1. The van der Waals surface area contributed by atoms with E-state index >= 15 is 0 Å². The van der Waals surface area contributed by atoms with Gasteiger partial charge in [0, 0.05) is 18.8 Å². The molecule has 4 rings (SSSR count). The zero-order valence-electron chi connectivity index (χ0n) is 16.5. The maximum absolute atomic E-state index is 13.1. The number of aromatic nitrogens is 1. The molecule has 3 aliphatic rings. The van der Waals surface area contributed by atoms with Crippen molar-refractivity contribution in [2.75, 3.05) is 19.8 Å². The number of rotatable bonds is 4. The lowest BCUT2D eigenvalue weighted by Gasteiger charge is -2.44. The van der Waals surface area contributed by atoms with Crippen LogP contribution in [0.25, 0.3) is 0 Å². The minimum Gasteiger partial charge on any atom is -0.389 e. The second-order valence-corrected chi connectivity index (χ2v) is 8.20. The third-order valence-electron chi connectivity index (χ3n) is 6.01. The van der Waals surface area contributed by atoms with Gasteiger partial charge in [0.1, 0.15) is 11.8 Å². The first-order chi connectivity index (χ1) is 14.1. The molecule has 1 saturated carbocycles. The molecule has 2 amide bonds. The van der Waals surface area contributed by atoms with Crippen LogP contribution in [-0.4, -0.2) is 77.0 Å². The van der Waals surface area contributed by atoms with Gasteiger partial charge in [-0.2, -0.15) is 0 Å². The molecule has 0 unspecified atom stereocenters. The fourth-order valence-electron chi connectivity index (χ4n) is 4.26. The molecule has 2 N–H and O–H groups in total. The molecule has 1 aromatic rings. The summed E-state index contributed by atoms with van der Waals surface area (Å²) in [7, 11) is 0. The van der Waals surface area contributed by atoms with Crippen LogP contribution < -0.4 is 5.32 Å². The molecule has 0 aromatic carbocycles. The van der Waals surface area contributed by atoms with E-state index in [0.717, 1.165) is 12.8 Å². The number of nitrogens with zero attached hydrogens (tertiary/aromatic N) is 2. The third-order valence-corrected chi connectivity index (χ3v) is 6.01. The van der Waals surface area contributed by atoms with Gasteiger partial charge in [-0.25, -0.2) is 0 Å². The largest absolute Gasteiger partial charge is 0.389 e. The average molecular weight is 403 g/mol. The van der Waals surface area contributed by atoms with Gasteiger partial charge in [-0.1, -0.05) is 6.07 Å². The number of carbonyl (C=O) groups excluding carboxylic acids is 2. The Hall–Kier alpha value is -2.03. The summed E-state index contributed by atoms with van der Waals surface area (Å²) in [6.45, 7) is 0.604. The quantitative estimate of drug-likeness (QED) is 0.774. The molecule has 158 valence electrons. The molecule has 0 radical (unpaired) electrons. The number of carbonyl (C=O) groups is 2. The SMILES string of the molecule is O=C(C[C@H]1CC[C@H]2[C@@H](COC[C@H](O)CN2C(=O)c2ccccn2)O1)NC1CCC1. The van der Waals surface area contributed by atoms with Gasteiger partial charge in [-0.05, 0) is 44.2 Å². The van der Waals surface area contributed by atoms with Crippen LogP contribution in [0.1, 0.15) is 49.0 Å². The van der Waals surface area contributed by atoms with Gasteiger partial charge < -0.3 is 24.8 Å². The van der Waals surface area contributed by atoms with E-state index in [0.29, 0.717) is 31.0 Å². The number of nitrogens with one attached hydrogen (secondary N) is 1. The van der Waals surface area contributed by atoms with Crippen molar-refractivity contribution >= 4 is 11.8 Å². The minimum atomic E-state index is -0.755. The van der Waals surface area contributed by atoms with Crippen molar-refractivity contribution < 1.29 is 24.2 Å². The van der Waals surface area contributed by atoms with Gasteiger partial charge in [0.25, 0.3) is 5.91 Å². The normalized spacial score (nSPS) is 30.4. The lowest BCUT2D eigenvalue weighted by atomic mass is 9.92. The summed E-state index contributed by atoms with van der Waals surface area (Å²) in [5.41, 5.74) is 0.349. The molecule has 0 bridgehead atoms. The number of hydrogen-bond donors (Lipinski definition) is 2. The van der Waals surface area contributed by atoms with E-state index in [-0.39, 0.29) is 49.8 Å². The van der Waals surface area contributed by atoms with Crippen LogP contribution in [-0.2, 0) is 14.3 Å². The zero-order valence-corrected chi connectivity index (χ0v) is 16.5. The topological polar surface area (TPSA) is 101 Å². The Morgan fingerprint density at radius 3 is 2.79 bits per heavy atom. The Kier molecular flexibility index (Phi) is 6.42. The highest BCUT2D eigenvalue weighted by molar-refractivity contribution is 5.92. The van der Waals surface area contributed by atoms with E-state index in [4.69, 9.17) is 9.47 Å². The number of ether oxygens (including phenoxy) is 2. The van der Waals surface area contributed by atoms with E-state index < -0.39 is 6.10 Å². The van der Waals surface area contributed by atoms with E-state index in [2.05, 4.69) is 10.3 Å². The molecule has 3 heterocycles. The summed E-state index contributed by atoms with van der Waals surface area (Å²) >= 11 is 0. The van der Waals surface area contributed by atoms with Crippen LogP contribution in [0.4, 0.5) is 0 Å². The van der Waals surface area contributed by atoms with Crippen molar-refractivity contribution in [3.05, 3.63) is 30.1 Å². The Labute approximate surface area is 170 Å². The monoisotopic (exact) mass is 403 g/mol. The molecule has 2 saturated heterocycles. The van der Waals surface area contributed by atoms with Gasteiger partial charge >= 0.3 is 0 Å². The molecular weight excluding hydrogens is 374 g/mol. The second-order valence-electron chi connectivity index (χ2n) is 8.20. The van der Waals surface area contributed by atoms with Crippen LogP contribution in [0.3, 0.4) is 0 Å². The lowest BCUT2D eigenvalue weighted by Crippen LogP contribution is -2.57. The molecule has 2 aliphatic heterocycles. The molecule has 4 atom stereocenters. The highest BCUT2D eigenvalue weighted by Crippen LogP contribution is 2.29. The number of hydrogen-bond acceptors (Lipinski definition) is 6. The van der Waals surface area contributed by atoms with Gasteiger partial charge in [0.15, 0.2) is 0 Å². The standard InChI is InChI=1S/C21H29N3O5/c25-15-11-24(21(27)17-6-1-2-9-22-17)18-8-7-16(29-19(18)13-28-12-15)10-20(26)23-14-4-3-5-14/h1-2,6,9,14-16,18-19,25H,3-5,7-8,10-13H2,(H,23,26)/t15-,16-,18+,19-/m1/s1. The van der Waals surface area contributed by atoms with E-state index in [1.807, 2.05) is 0 Å². The Morgan fingerprint density at radius 2 is 2.07 bits per heavy atom. The first-order valence-electron chi connectivity index (χ1n) is 10.5. The molecule has 8 nitrogen and oxygen atoms in total. The fourth-order valence-corrected chi connectivity index (χ4v) is 4.26. The molecular formula is C21H29N3O5. The average Bonchev–Trinajstić information content (AvgIpc) is 2.68. The van der Waals surface area contributed by atoms with Crippen LogP contribution in [0.2, 0.25) is 0 Å². The van der Waals surface area contributed by atoms with Gasteiger partial charge in [-0.15, -0.1) is 0 Å². The van der Waals surface area contributed by atoms with Gasteiger partial charge in [-0.3, -0.25) is 14.6 Å². The van der Waals surface area contributed by atoms with Crippen molar-refractivity contribution in [2.45, 2.75) is 68.9 Å². The van der Waals surface area contributed by atoms with Crippen LogP contribution in [0, 0.1) is 0 Å². The number of amides is 2. The predicted octanol–water partition coefficient (Wildman–Crippen LogP) is 0.890. The first kappa shape index (κ1) is 20.3. The van der Waals surface area contributed by atoms with E-state index in [1.54, 1.807) is 29.3 Å². The molecule has 0 spiro atoms. The highest BCUT2D eigenvalue weighted by Gasteiger charge is 2.40. The van der Waals surface area contributed by atoms with Crippen molar-refractivity contribution in [1.82, 2.24) is 15.2 Å². The van der Waals surface area contributed by atoms with Crippen LogP contribution in [0.15, 0.2) is 24.4 Å². The predicted molar refractivity (Wildman–Crippen MR) is 104 cm³/mol. The van der Waals surface area contributed by atoms with Crippen molar-refractivity contribution in [3.63, 3.8) is 0 Å². The number of pyridine rings is 1. The highest BCUT2D eigenvalue weighted by atomic mass is 16.5. The number of fused-ring (bicyclic) bond motifs is 1.